The summed E-state index contributed by atoms with van der Waals surface area (Å²) in [5, 5.41) is 3.01. The number of carbonyl (C=O) groups is 1. The van der Waals surface area contributed by atoms with Crippen LogP contribution >= 0.6 is 0 Å². The highest BCUT2D eigenvalue weighted by molar-refractivity contribution is 5.91. The number of nitrogens with zero attached hydrogens (tertiary/aromatic N) is 3. The van der Waals surface area contributed by atoms with Crippen LogP contribution in [0.4, 0.5) is 11.5 Å². The highest BCUT2D eigenvalue weighted by Gasteiger charge is 2.22. The van der Waals surface area contributed by atoms with Crippen molar-refractivity contribution >= 4 is 17.4 Å². The van der Waals surface area contributed by atoms with E-state index in [2.05, 4.69) is 54.2 Å². The number of hydrogen-bond donors (Lipinski definition) is 1. The van der Waals surface area contributed by atoms with E-state index in [0.29, 0.717) is 12.2 Å². The van der Waals surface area contributed by atoms with Crippen LogP contribution < -0.4 is 10.2 Å². The van der Waals surface area contributed by atoms with Crippen molar-refractivity contribution in [1.82, 2.24) is 9.97 Å². The van der Waals surface area contributed by atoms with Crippen LogP contribution in [-0.2, 0) is 17.8 Å². The van der Waals surface area contributed by atoms with Crippen LogP contribution in [0.2, 0.25) is 0 Å². The first-order valence-electron chi connectivity index (χ1n) is 9.68. The van der Waals surface area contributed by atoms with Crippen LogP contribution in [0, 0.1) is 19.3 Å². The van der Waals surface area contributed by atoms with Crippen LogP contribution in [0.1, 0.15) is 56.1 Å². The topological polar surface area (TPSA) is 58.1 Å². The summed E-state index contributed by atoms with van der Waals surface area (Å²) >= 11 is 0. The fraction of sp³-hybridized carbons (Fsp3) is 0.500. The Balaban J connectivity index is 1.79. The Labute approximate surface area is 162 Å². The highest BCUT2D eigenvalue weighted by Crippen LogP contribution is 2.31. The molecule has 0 spiro atoms. The molecule has 1 N–H and O–H groups in total. The fourth-order valence-corrected chi connectivity index (χ4v) is 3.41. The molecule has 0 fully saturated rings. The smallest absolute Gasteiger partial charge is 0.226 e. The minimum absolute atomic E-state index is 0.0245. The lowest BCUT2D eigenvalue weighted by Gasteiger charge is -2.31. The summed E-state index contributed by atoms with van der Waals surface area (Å²) in [6.07, 6.45) is 4.45. The molecular weight excluding hydrogens is 336 g/mol. The molecule has 0 aliphatic carbocycles. The Morgan fingerprint density at radius 2 is 2.04 bits per heavy atom. The Morgan fingerprint density at radius 1 is 1.26 bits per heavy atom. The summed E-state index contributed by atoms with van der Waals surface area (Å²) in [7, 11) is 0. The van der Waals surface area contributed by atoms with Gasteiger partial charge in [0.05, 0.1) is 11.4 Å². The molecular formula is C22H30N4O. The van der Waals surface area contributed by atoms with E-state index in [0.717, 1.165) is 42.9 Å². The van der Waals surface area contributed by atoms with Gasteiger partial charge in [-0.1, -0.05) is 26.8 Å². The molecule has 0 saturated carbocycles. The normalized spacial score (nSPS) is 14.0. The standard InChI is InChI=1S/C22H30N4O/c1-15-11-19-18(24-21(15)25-20(27)12-22(3,4)5)7-6-10-26(19)14-17-9-8-16(2)23-13-17/h8-9,11,13H,6-7,10,12,14H2,1-5H3,(H,24,25,27). The first-order chi connectivity index (χ1) is 12.7. The molecule has 2 aromatic heterocycles. The Morgan fingerprint density at radius 3 is 2.70 bits per heavy atom. The number of amides is 1. The molecule has 0 bridgehead atoms. The summed E-state index contributed by atoms with van der Waals surface area (Å²) in [5.74, 6) is 0.721. The van der Waals surface area contributed by atoms with Crippen molar-refractivity contribution in [2.24, 2.45) is 5.41 Å². The zero-order chi connectivity index (χ0) is 19.6. The van der Waals surface area contributed by atoms with Crippen molar-refractivity contribution in [2.75, 3.05) is 16.8 Å². The van der Waals surface area contributed by atoms with Crippen LogP contribution in [0.15, 0.2) is 24.4 Å². The van der Waals surface area contributed by atoms with E-state index in [1.54, 1.807) is 0 Å². The first-order valence-corrected chi connectivity index (χ1v) is 9.68. The van der Waals surface area contributed by atoms with Gasteiger partial charge in [-0.05, 0) is 55.4 Å². The number of aryl methyl sites for hydroxylation is 3. The molecule has 1 amide bonds. The molecule has 5 heteroatoms. The third-order valence-electron chi connectivity index (χ3n) is 4.75. The lowest BCUT2D eigenvalue weighted by Crippen LogP contribution is -2.30. The second-order valence-electron chi connectivity index (χ2n) is 8.74. The average molecular weight is 367 g/mol. The largest absolute Gasteiger partial charge is 0.366 e. The molecule has 5 nitrogen and oxygen atoms in total. The quantitative estimate of drug-likeness (QED) is 0.870. The number of anilines is 2. The maximum atomic E-state index is 12.3. The minimum atomic E-state index is -0.0366. The fourth-order valence-electron chi connectivity index (χ4n) is 3.41. The van der Waals surface area contributed by atoms with Gasteiger partial charge in [-0.15, -0.1) is 0 Å². The predicted molar refractivity (Wildman–Crippen MR) is 110 cm³/mol. The van der Waals surface area contributed by atoms with Gasteiger partial charge in [0, 0.05) is 31.4 Å². The molecule has 3 rings (SSSR count). The number of hydrogen-bond acceptors (Lipinski definition) is 4. The van der Waals surface area contributed by atoms with E-state index >= 15 is 0 Å². The van der Waals surface area contributed by atoms with Gasteiger partial charge in [0.25, 0.3) is 0 Å². The van der Waals surface area contributed by atoms with E-state index in [4.69, 9.17) is 4.98 Å². The Bertz CT molecular complexity index is 821. The third kappa shape index (κ3) is 5.06. The lowest BCUT2D eigenvalue weighted by molar-refractivity contribution is -0.117. The van der Waals surface area contributed by atoms with E-state index in [-0.39, 0.29) is 11.3 Å². The second-order valence-corrected chi connectivity index (χ2v) is 8.74. The molecule has 1 aliphatic heterocycles. The van der Waals surface area contributed by atoms with Crippen molar-refractivity contribution < 1.29 is 4.79 Å². The van der Waals surface area contributed by atoms with Crippen molar-refractivity contribution in [3.8, 4) is 0 Å². The second kappa shape index (κ2) is 7.67. The summed E-state index contributed by atoms with van der Waals surface area (Å²) in [6, 6.07) is 6.35. The molecule has 144 valence electrons. The Hall–Kier alpha value is -2.43. The number of pyridine rings is 2. The SMILES string of the molecule is Cc1ccc(CN2CCCc3nc(NC(=O)CC(C)(C)C)c(C)cc32)cn1. The van der Waals surface area contributed by atoms with Crippen LogP contribution in [0.3, 0.4) is 0 Å². The predicted octanol–water partition coefficient (Wildman–Crippen LogP) is 4.42. The molecule has 0 aromatic carbocycles. The molecule has 27 heavy (non-hydrogen) atoms. The molecule has 0 saturated heterocycles. The van der Waals surface area contributed by atoms with E-state index in [9.17, 15) is 4.79 Å². The minimum Gasteiger partial charge on any atom is -0.366 e. The van der Waals surface area contributed by atoms with Gasteiger partial charge in [0.15, 0.2) is 0 Å². The van der Waals surface area contributed by atoms with Gasteiger partial charge in [-0.3, -0.25) is 9.78 Å². The first kappa shape index (κ1) is 19.3. The van der Waals surface area contributed by atoms with Crippen molar-refractivity contribution in [1.29, 1.82) is 0 Å². The molecule has 0 unspecified atom stereocenters. The molecule has 1 aliphatic rings. The van der Waals surface area contributed by atoms with Gasteiger partial charge >= 0.3 is 0 Å². The van der Waals surface area contributed by atoms with Gasteiger partial charge in [0.1, 0.15) is 5.82 Å². The summed E-state index contributed by atoms with van der Waals surface area (Å²) in [5.41, 5.74) is 5.45. The summed E-state index contributed by atoms with van der Waals surface area (Å²) in [6.45, 7) is 12.1. The van der Waals surface area contributed by atoms with E-state index in [1.807, 2.05) is 20.0 Å². The van der Waals surface area contributed by atoms with Gasteiger partial charge in [-0.25, -0.2) is 4.98 Å². The van der Waals surface area contributed by atoms with Crippen LogP contribution in [-0.4, -0.2) is 22.4 Å². The van der Waals surface area contributed by atoms with Crippen LogP contribution in [0.5, 0.6) is 0 Å². The number of fused-ring (bicyclic) bond motifs is 1. The van der Waals surface area contributed by atoms with E-state index < -0.39 is 0 Å². The maximum Gasteiger partial charge on any atom is 0.226 e. The van der Waals surface area contributed by atoms with Crippen LogP contribution in [0.25, 0.3) is 0 Å². The van der Waals surface area contributed by atoms with Gasteiger partial charge in [0.2, 0.25) is 5.91 Å². The summed E-state index contributed by atoms with van der Waals surface area (Å²) in [4.78, 5) is 23.9. The zero-order valence-corrected chi connectivity index (χ0v) is 17.1. The number of aromatic nitrogens is 2. The van der Waals surface area contributed by atoms with Crippen molar-refractivity contribution in [3.05, 3.63) is 46.9 Å². The molecule has 0 radical (unpaired) electrons. The van der Waals surface area contributed by atoms with Gasteiger partial charge in [-0.2, -0.15) is 0 Å². The van der Waals surface area contributed by atoms with Crippen molar-refractivity contribution in [2.45, 2.75) is 60.4 Å². The van der Waals surface area contributed by atoms with E-state index in [1.165, 1.54) is 11.3 Å². The summed E-state index contributed by atoms with van der Waals surface area (Å²) < 4.78 is 0. The lowest BCUT2D eigenvalue weighted by atomic mass is 9.92. The average Bonchev–Trinajstić information content (AvgIpc) is 2.56. The van der Waals surface area contributed by atoms with Crippen molar-refractivity contribution in [3.63, 3.8) is 0 Å². The number of carbonyl (C=O) groups excluding carboxylic acids is 1. The monoisotopic (exact) mass is 366 g/mol. The third-order valence-corrected chi connectivity index (χ3v) is 4.75. The number of nitrogens with one attached hydrogen (secondary N) is 1. The number of rotatable bonds is 4. The highest BCUT2D eigenvalue weighted by atomic mass is 16.1. The maximum absolute atomic E-state index is 12.3. The Kier molecular flexibility index (Phi) is 5.49. The zero-order valence-electron chi connectivity index (χ0n) is 17.1. The molecule has 2 aromatic rings. The molecule has 0 atom stereocenters. The van der Waals surface area contributed by atoms with Gasteiger partial charge < -0.3 is 10.2 Å². The molecule has 3 heterocycles.